The molecule has 2 nitrogen and oxygen atoms in total. The third-order valence-corrected chi connectivity index (χ3v) is 3.38. The van der Waals surface area contributed by atoms with Crippen LogP contribution in [0.15, 0.2) is 46.3 Å². The number of rotatable bonds is 5. The lowest BCUT2D eigenvalue weighted by Crippen LogP contribution is -2.01. The molecule has 0 amide bonds. The summed E-state index contributed by atoms with van der Waals surface area (Å²) in [6, 6.07) is 9.05. The van der Waals surface area contributed by atoms with Crippen LogP contribution in [0.1, 0.15) is 13.3 Å². The van der Waals surface area contributed by atoms with E-state index in [-0.39, 0.29) is 0 Å². The molecule has 5 heteroatoms. The largest absolute Gasteiger partial charge is 0.370 e. The Balaban J connectivity index is 2.14. The number of anilines is 1. The third kappa shape index (κ3) is 3.92. The first-order valence-corrected chi connectivity index (χ1v) is 6.84. The Labute approximate surface area is 115 Å². The molecule has 0 bridgehead atoms. The Hall–Kier alpha value is -1.62. The molecule has 0 aliphatic heterocycles. The van der Waals surface area contributed by atoms with Gasteiger partial charge in [0.25, 0.3) is 0 Å². The average molecular weight is 280 g/mol. The van der Waals surface area contributed by atoms with Gasteiger partial charge in [-0.05, 0) is 30.7 Å². The van der Waals surface area contributed by atoms with E-state index in [0.717, 1.165) is 24.8 Å². The third-order valence-electron chi connectivity index (χ3n) is 2.39. The average Bonchev–Trinajstić information content (AvgIpc) is 2.40. The first kappa shape index (κ1) is 13.8. The zero-order valence-corrected chi connectivity index (χ0v) is 11.3. The lowest BCUT2D eigenvalue weighted by Gasteiger charge is -2.06. The van der Waals surface area contributed by atoms with Crippen LogP contribution in [0.2, 0.25) is 0 Å². The van der Waals surface area contributed by atoms with E-state index in [9.17, 15) is 8.78 Å². The number of halogens is 2. The SMILES string of the molecule is CCCNc1cccc(Sc2ccc(F)cc2F)n1. The Morgan fingerprint density at radius 2 is 2.05 bits per heavy atom. The van der Waals surface area contributed by atoms with Crippen molar-refractivity contribution in [3.8, 4) is 0 Å². The number of hydrogen-bond acceptors (Lipinski definition) is 3. The van der Waals surface area contributed by atoms with Gasteiger partial charge in [-0.15, -0.1) is 0 Å². The summed E-state index contributed by atoms with van der Waals surface area (Å²) in [4.78, 5) is 4.72. The molecule has 0 radical (unpaired) electrons. The van der Waals surface area contributed by atoms with E-state index < -0.39 is 11.6 Å². The molecule has 0 fully saturated rings. The molecule has 1 N–H and O–H groups in total. The Kier molecular flexibility index (Phi) is 4.74. The highest BCUT2D eigenvalue weighted by atomic mass is 32.2. The lowest BCUT2D eigenvalue weighted by molar-refractivity contribution is 0.565. The van der Waals surface area contributed by atoms with Crippen molar-refractivity contribution in [2.24, 2.45) is 0 Å². The molecular weight excluding hydrogens is 266 g/mol. The van der Waals surface area contributed by atoms with Gasteiger partial charge in [-0.1, -0.05) is 24.8 Å². The zero-order valence-electron chi connectivity index (χ0n) is 10.5. The second-order valence-corrected chi connectivity index (χ2v) is 5.03. The van der Waals surface area contributed by atoms with E-state index in [4.69, 9.17) is 0 Å². The topological polar surface area (TPSA) is 24.9 Å². The maximum atomic E-state index is 13.5. The quantitative estimate of drug-likeness (QED) is 0.882. The van der Waals surface area contributed by atoms with E-state index >= 15 is 0 Å². The molecule has 1 aromatic carbocycles. The van der Waals surface area contributed by atoms with Crippen LogP contribution >= 0.6 is 11.8 Å². The lowest BCUT2D eigenvalue weighted by atomic mass is 10.3. The first-order valence-electron chi connectivity index (χ1n) is 6.03. The van der Waals surface area contributed by atoms with Gasteiger partial charge in [-0.3, -0.25) is 0 Å². The minimum Gasteiger partial charge on any atom is -0.370 e. The molecular formula is C14H14F2N2S. The predicted molar refractivity (Wildman–Crippen MR) is 73.5 cm³/mol. The van der Waals surface area contributed by atoms with Crippen LogP contribution in [0.4, 0.5) is 14.6 Å². The summed E-state index contributed by atoms with van der Waals surface area (Å²) in [5.41, 5.74) is 0. The number of nitrogens with zero attached hydrogens (tertiary/aromatic N) is 1. The fourth-order valence-corrected chi connectivity index (χ4v) is 2.30. The van der Waals surface area contributed by atoms with Crippen LogP contribution in [0.5, 0.6) is 0 Å². The highest BCUT2D eigenvalue weighted by Crippen LogP contribution is 2.29. The number of nitrogens with one attached hydrogen (secondary N) is 1. The van der Waals surface area contributed by atoms with Crippen molar-refractivity contribution in [2.45, 2.75) is 23.3 Å². The van der Waals surface area contributed by atoms with E-state index in [2.05, 4.69) is 17.2 Å². The molecule has 0 unspecified atom stereocenters. The number of pyridine rings is 1. The first-order chi connectivity index (χ1) is 9.19. The van der Waals surface area contributed by atoms with Gasteiger partial charge in [0, 0.05) is 17.5 Å². The molecule has 2 rings (SSSR count). The van der Waals surface area contributed by atoms with Crippen molar-refractivity contribution in [3.05, 3.63) is 48.0 Å². The normalized spacial score (nSPS) is 10.5. The molecule has 0 saturated heterocycles. The van der Waals surface area contributed by atoms with Gasteiger partial charge in [0.05, 0.1) is 0 Å². The molecule has 2 aromatic rings. The second-order valence-electron chi connectivity index (χ2n) is 3.96. The van der Waals surface area contributed by atoms with Gasteiger partial charge in [-0.25, -0.2) is 13.8 Å². The van der Waals surface area contributed by atoms with Crippen molar-refractivity contribution in [1.82, 2.24) is 4.98 Å². The Morgan fingerprint density at radius 1 is 1.21 bits per heavy atom. The van der Waals surface area contributed by atoms with Gasteiger partial charge in [0.1, 0.15) is 22.5 Å². The van der Waals surface area contributed by atoms with E-state index in [0.29, 0.717) is 9.92 Å². The molecule has 19 heavy (non-hydrogen) atoms. The molecule has 1 aromatic heterocycles. The standard InChI is InChI=1S/C14H14F2N2S/c1-2-8-17-13-4-3-5-14(18-13)19-12-7-6-10(15)9-11(12)16/h3-7,9H,2,8H2,1H3,(H,17,18). The maximum absolute atomic E-state index is 13.5. The second kappa shape index (κ2) is 6.52. The summed E-state index contributed by atoms with van der Waals surface area (Å²) >= 11 is 1.18. The molecule has 0 aliphatic rings. The summed E-state index contributed by atoms with van der Waals surface area (Å²) < 4.78 is 26.3. The van der Waals surface area contributed by atoms with Crippen LogP contribution in [0.3, 0.4) is 0 Å². The zero-order chi connectivity index (χ0) is 13.7. The van der Waals surface area contributed by atoms with Crippen molar-refractivity contribution >= 4 is 17.6 Å². The maximum Gasteiger partial charge on any atom is 0.140 e. The molecule has 0 aliphatic carbocycles. The van der Waals surface area contributed by atoms with Gasteiger partial charge < -0.3 is 5.32 Å². The smallest absolute Gasteiger partial charge is 0.140 e. The fourth-order valence-electron chi connectivity index (χ4n) is 1.49. The summed E-state index contributed by atoms with van der Waals surface area (Å²) in [5.74, 6) is -0.388. The van der Waals surface area contributed by atoms with E-state index in [1.165, 1.54) is 23.9 Å². The van der Waals surface area contributed by atoms with Crippen LogP contribution < -0.4 is 5.32 Å². The van der Waals surface area contributed by atoms with Crippen molar-refractivity contribution in [3.63, 3.8) is 0 Å². The van der Waals surface area contributed by atoms with Crippen molar-refractivity contribution < 1.29 is 8.78 Å². The summed E-state index contributed by atoms with van der Waals surface area (Å²) in [5, 5.41) is 3.84. The van der Waals surface area contributed by atoms with Crippen molar-refractivity contribution in [2.75, 3.05) is 11.9 Å². The van der Waals surface area contributed by atoms with Crippen LogP contribution in [0, 0.1) is 11.6 Å². The predicted octanol–water partition coefficient (Wildman–Crippen LogP) is 4.33. The van der Waals surface area contributed by atoms with Gasteiger partial charge >= 0.3 is 0 Å². The molecule has 1 heterocycles. The summed E-state index contributed by atoms with van der Waals surface area (Å²) in [7, 11) is 0. The summed E-state index contributed by atoms with van der Waals surface area (Å²) in [6.07, 6.45) is 1.01. The van der Waals surface area contributed by atoms with Crippen molar-refractivity contribution in [1.29, 1.82) is 0 Å². The molecule has 100 valence electrons. The Morgan fingerprint density at radius 3 is 2.79 bits per heavy atom. The monoisotopic (exact) mass is 280 g/mol. The highest BCUT2D eigenvalue weighted by Gasteiger charge is 2.07. The Bertz CT molecular complexity index is 561. The molecule has 0 saturated carbocycles. The van der Waals surface area contributed by atoms with Gasteiger partial charge in [-0.2, -0.15) is 0 Å². The van der Waals surface area contributed by atoms with Crippen LogP contribution in [0.25, 0.3) is 0 Å². The van der Waals surface area contributed by atoms with Gasteiger partial charge in [0.2, 0.25) is 0 Å². The van der Waals surface area contributed by atoms with Crippen LogP contribution in [-0.2, 0) is 0 Å². The number of benzene rings is 1. The van der Waals surface area contributed by atoms with E-state index in [1.54, 1.807) is 6.07 Å². The highest BCUT2D eigenvalue weighted by molar-refractivity contribution is 7.99. The minimum atomic E-state index is -0.576. The number of aromatic nitrogens is 1. The van der Waals surface area contributed by atoms with E-state index in [1.807, 2.05) is 12.1 Å². The van der Waals surface area contributed by atoms with Crippen LogP contribution in [-0.4, -0.2) is 11.5 Å². The molecule has 0 atom stereocenters. The molecule has 0 spiro atoms. The van der Waals surface area contributed by atoms with Gasteiger partial charge in [0.15, 0.2) is 0 Å². The fraction of sp³-hybridized carbons (Fsp3) is 0.214. The minimum absolute atomic E-state index is 0.363. The number of hydrogen-bond donors (Lipinski definition) is 1. The summed E-state index contributed by atoms with van der Waals surface area (Å²) in [6.45, 7) is 2.91.